The smallest absolute Gasteiger partial charge is 0.229 e. The number of aromatic nitrogens is 1. The first-order valence-corrected chi connectivity index (χ1v) is 9.71. The van der Waals surface area contributed by atoms with E-state index in [0.717, 1.165) is 65.0 Å². The molecule has 1 N–H and O–H groups in total. The van der Waals surface area contributed by atoms with Gasteiger partial charge in [0.05, 0.1) is 5.41 Å². The molecule has 0 radical (unpaired) electrons. The van der Waals surface area contributed by atoms with Crippen molar-refractivity contribution in [1.82, 2.24) is 15.2 Å². The number of hydrogen-bond donors (Lipinski definition) is 1. The first-order chi connectivity index (χ1) is 12.1. The zero-order chi connectivity index (χ0) is 17.5. The second-order valence-electron chi connectivity index (χ2n) is 8.33. The Kier molecular flexibility index (Phi) is 4.22. The molecule has 3 heterocycles. The summed E-state index contributed by atoms with van der Waals surface area (Å²) in [6, 6.07) is 2.10. The standard InChI is InChI=1S/C20H30N4O/c1-16-14-22-7-4-17(16)23-10-3-11-24(13-12-23)18(25)19(2)15-20(19)5-8-21-9-6-20/h4,7,14,21H,3,5-6,8-13,15H2,1-2H3. The van der Waals surface area contributed by atoms with Crippen molar-refractivity contribution in [3.63, 3.8) is 0 Å². The van der Waals surface area contributed by atoms with Crippen LogP contribution in [0.25, 0.3) is 0 Å². The van der Waals surface area contributed by atoms with Crippen molar-refractivity contribution in [2.75, 3.05) is 44.2 Å². The lowest BCUT2D eigenvalue weighted by molar-refractivity contribution is -0.137. The van der Waals surface area contributed by atoms with Crippen LogP contribution >= 0.6 is 0 Å². The zero-order valence-corrected chi connectivity index (χ0v) is 15.6. The molecule has 136 valence electrons. The Labute approximate surface area is 150 Å². The lowest BCUT2D eigenvalue weighted by Gasteiger charge is -2.31. The summed E-state index contributed by atoms with van der Waals surface area (Å²) in [6.45, 7) is 10.1. The monoisotopic (exact) mass is 342 g/mol. The average molecular weight is 342 g/mol. The fraction of sp³-hybridized carbons (Fsp3) is 0.700. The number of aryl methyl sites for hydroxylation is 1. The van der Waals surface area contributed by atoms with Gasteiger partial charge in [-0.3, -0.25) is 9.78 Å². The van der Waals surface area contributed by atoms with Crippen LogP contribution in [0, 0.1) is 17.8 Å². The summed E-state index contributed by atoms with van der Waals surface area (Å²) in [7, 11) is 0. The number of carbonyl (C=O) groups excluding carboxylic acids is 1. The van der Waals surface area contributed by atoms with E-state index in [2.05, 4.69) is 40.0 Å². The van der Waals surface area contributed by atoms with E-state index in [-0.39, 0.29) is 10.8 Å². The molecule has 1 aliphatic carbocycles. The second kappa shape index (κ2) is 6.27. The minimum Gasteiger partial charge on any atom is -0.369 e. The third-order valence-corrected chi connectivity index (χ3v) is 6.88. The van der Waals surface area contributed by atoms with E-state index >= 15 is 0 Å². The number of hydrogen-bond acceptors (Lipinski definition) is 4. The molecule has 1 saturated carbocycles. The van der Waals surface area contributed by atoms with Crippen LogP contribution in [0.3, 0.4) is 0 Å². The van der Waals surface area contributed by atoms with Gasteiger partial charge in [-0.2, -0.15) is 0 Å². The van der Waals surface area contributed by atoms with Gasteiger partial charge >= 0.3 is 0 Å². The Balaban J connectivity index is 1.43. The van der Waals surface area contributed by atoms with Crippen LogP contribution < -0.4 is 10.2 Å². The van der Waals surface area contributed by atoms with Gasteiger partial charge in [0.1, 0.15) is 0 Å². The van der Waals surface area contributed by atoms with Crippen LogP contribution in [-0.2, 0) is 4.79 Å². The van der Waals surface area contributed by atoms with Crippen LogP contribution in [0.2, 0.25) is 0 Å². The molecule has 2 aliphatic heterocycles. The zero-order valence-electron chi connectivity index (χ0n) is 15.6. The van der Waals surface area contributed by atoms with E-state index in [1.807, 2.05) is 12.4 Å². The predicted octanol–water partition coefficient (Wildman–Crippen LogP) is 2.21. The third kappa shape index (κ3) is 2.82. The summed E-state index contributed by atoms with van der Waals surface area (Å²) in [6.07, 6.45) is 8.23. The van der Waals surface area contributed by atoms with E-state index in [4.69, 9.17) is 0 Å². The Morgan fingerprint density at radius 3 is 2.76 bits per heavy atom. The van der Waals surface area contributed by atoms with Crippen molar-refractivity contribution in [2.45, 2.75) is 39.5 Å². The molecule has 5 heteroatoms. The molecule has 5 nitrogen and oxygen atoms in total. The quantitative estimate of drug-likeness (QED) is 0.895. The van der Waals surface area contributed by atoms with Gasteiger partial charge in [-0.15, -0.1) is 0 Å². The van der Waals surface area contributed by atoms with E-state index in [0.29, 0.717) is 5.91 Å². The third-order valence-electron chi connectivity index (χ3n) is 6.88. The highest BCUT2D eigenvalue weighted by Crippen LogP contribution is 2.69. The molecule has 3 fully saturated rings. The molecule has 1 atom stereocenters. The summed E-state index contributed by atoms with van der Waals surface area (Å²) in [4.78, 5) is 22.1. The molecule has 4 rings (SSSR count). The van der Waals surface area contributed by atoms with Gasteiger partial charge in [0.15, 0.2) is 0 Å². The molecule has 1 amide bonds. The number of rotatable bonds is 2. The van der Waals surface area contributed by atoms with Crippen LogP contribution in [0.15, 0.2) is 18.5 Å². The molecule has 3 aliphatic rings. The normalized spacial score (nSPS) is 28.7. The van der Waals surface area contributed by atoms with Crippen molar-refractivity contribution in [2.24, 2.45) is 10.8 Å². The highest BCUT2D eigenvalue weighted by Gasteiger charge is 2.68. The lowest BCUT2D eigenvalue weighted by atomic mass is 9.85. The average Bonchev–Trinajstić information content (AvgIpc) is 3.28. The Bertz CT molecular complexity index is 655. The van der Waals surface area contributed by atoms with Gasteiger partial charge in [-0.25, -0.2) is 0 Å². The van der Waals surface area contributed by atoms with Crippen LogP contribution in [-0.4, -0.2) is 55.1 Å². The summed E-state index contributed by atoms with van der Waals surface area (Å²) in [5.74, 6) is 0.405. The summed E-state index contributed by atoms with van der Waals surface area (Å²) >= 11 is 0. The number of nitrogens with zero attached hydrogens (tertiary/aromatic N) is 3. The molecule has 2 saturated heterocycles. The highest BCUT2D eigenvalue weighted by molar-refractivity contribution is 5.87. The number of anilines is 1. The molecule has 1 spiro atoms. The topological polar surface area (TPSA) is 48.5 Å². The summed E-state index contributed by atoms with van der Waals surface area (Å²) in [5, 5.41) is 3.44. The Morgan fingerprint density at radius 2 is 2.00 bits per heavy atom. The minimum absolute atomic E-state index is 0.114. The van der Waals surface area contributed by atoms with Gasteiger partial charge in [-0.05, 0) is 62.7 Å². The fourth-order valence-corrected chi connectivity index (χ4v) is 5.10. The van der Waals surface area contributed by atoms with Gasteiger partial charge < -0.3 is 15.1 Å². The van der Waals surface area contributed by atoms with Crippen LogP contribution in [0.4, 0.5) is 5.69 Å². The Hall–Kier alpha value is -1.62. The van der Waals surface area contributed by atoms with Crippen molar-refractivity contribution in [3.8, 4) is 0 Å². The van der Waals surface area contributed by atoms with Gasteiger partial charge in [0.25, 0.3) is 0 Å². The number of nitrogens with one attached hydrogen (secondary N) is 1. The number of pyridine rings is 1. The minimum atomic E-state index is -0.114. The molecular weight excluding hydrogens is 312 g/mol. The SMILES string of the molecule is Cc1cnccc1N1CCCN(C(=O)C2(C)CC23CCNCC3)CC1. The fourth-order valence-electron chi connectivity index (χ4n) is 5.10. The molecule has 0 aromatic carbocycles. The Morgan fingerprint density at radius 1 is 1.20 bits per heavy atom. The van der Waals surface area contributed by atoms with E-state index in [1.165, 1.54) is 11.3 Å². The number of amides is 1. The maximum Gasteiger partial charge on any atom is 0.229 e. The van der Waals surface area contributed by atoms with Gasteiger partial charge in [0.2, 0.25) is 5.91 Å². The second-order valence-corrected chi connectivity index (χ2v) is 8.33. The largest absolute Gasteiger partial charge is 0.369 e. The lowest BCUT2D eigenvalue weighted by Crippen LogP contribution is -2.42. The van der Waals surface area contributed by atoms with Crippen LogP contribution in [0.5, 0.6) is 0 Å². The van der Waals surface area contributed by atoms with Gasteiger partial charge in [-0.1, -0.05) is 6.92 Å². The van der Waals surface area contributed by atoms with Crippen molar-refractivity contribution >= 4 is 11.6 Å². The molecule has 0 bridgehead atoms. The first kappa shape index (κ1) is 16.8. The van der Waals surface area contributed by atoms with Crippen molar-refractivity contribution in [1.29, 1.82) is 0 Å². The number of carbonyl (C=O) groups is 1. The maximum absolute atomic E-state index is 13.3. The molecule has 1 unspecified atom stereocenters. The molecule has 1 aromatic heterocycles. The number of piperidine rings is 1. The summed E-state index contributed by atoms with van der Waals surface area (Å²) in [5.41, 5.74) is 2.64. The molecule has 1 aromatic rings. The van der Waals surface area contributed by atoms with Gasteiger partial charge in [0, 0.05) is 44.3 Å². The maximum atomic E-state index is 13.3. The summed E-state index contributed by atoms with van der Waals surface area (Å²) < 4.78 is 0. The van der Waals surface area contributed by atoms with E-state index < -0.39 is 0 Å². The van der Waals surface area contributed by atoms with E-state index in [9.17, 15) is 4.79 Å². The highest BCUT2D eigenvalue weighted by atomic mass is 16.2. The predicted molar refractivity (Wildman–Crippen MR) is 99.6 cm³/mol. The van der Waals surface area contributed by atoms with E-state index in [1.54, 1.807) is 0 Å². The first-order valence-electron chi connectivity index (χ1n) is 9.71. The van der Waals surface area contributed by atoms with Crippen molar-refractivity contribution in [3.05, 3.63) is 24.0 Å². The van der Waals surface area contributed by atoms with Crippen molar-refractivity contribution < 1.29 is 4.79 Å². The molecular formula is C20H30N4O. The van der Waals surface area contributed by atoms with Crippen LogP contribution in [0.1, 0.15) is 38.2 Å². The molecule has 25 heavy (non-hydrogen) atoms.